The van der Waals surface area contributed by atoms with Crippen molar-refractivity contribution in [3.8, 4) is 0 Å². The number of hydrogen-bond donors (Lipinski definition) is 2. The molecule has 0 saturated heterocycles. The largest absolute Gasteiger partial charge is 0.346 e. The van der Waals surface area contributed by atoms with Crippen LogP contribution in [0.1, 0.15) is 18.5 Å². The fourth-order valence-electron chi connectivity index (χ4n) is 1.36. The van der Waals surface area contributed by atoms with Crippen molar-refractivity contribution >= 4 is 11.0 Å². The molecule has 3 heteroatoms. The molecule has 2 rings (SSSR count). The van der Waals surface area contributed by atoms with Crippen LogP contribution in [0.15, 0.2) is 24.5 Å². The molecule has 1 atom stereocenters. The van der Waals surface area contributed by atoms with Crippen LogP contribution in [0.5, 0.6) is 0 Å². The SMILES string of the molecule is CN[C@H](C)c1cnc2[nH]ccc2c1. The first-order valence-electron chi connectivity index (χ1n) is 4.41. The highest BCUT2D eigenvalue weighted by molar-refractivity contribution is 5.75. The van der Waals surface area contributed by atoms with Gasteiger partial charge in [-0.15, -0.1) is 0 Å². The van der Waals surface area contributed by atoms with Gasteiger partial charge in [0.1, 0.15) is 5.65 Å². The van der Waals surface area contributed by atoms with E-state index in [1.165, 1.54) is 10.9 Å². The van der Waals surface area contributed by atoms with Crippen molar-refractivity contribution in [2.75, 3.05) is 7.05 Å². The normalized spacial score (nSPS) is 13.4. The van der Waals surface area contributed by atoms with Gasteiger partial charge in [0.15, 0.2) is 0 Å². The Morgan fingerprint density at radius 1 is 1.54 bits per heavy atom. The van der Waals surface area contributed by atoms with E-state index in [1.807, 2.05) is 25.5 Å². The lowest BCUT2D eigenvalue weighted by Crippen LogP contribution is -2.12. The first-order valence-corrected chi connectivity index (χ1v) is 4.41. The van der Waals surface area contributed by atoms with Crippen LogP contribution in [0.25, 0.3) is 11.0 Å². The molecule has 0 aliphatic heterocycles. The number of hydrogen-bond acceptors (Lipinski definition) is 2. The minimum Gasteiger partial charge on any atom is -0.346 e. The number of H-pyrrole nitrogens is 1. The van der Waals surface area contributed by atoms with Crippen LogP contribution in [0.2, 0.25) is 0 Å². The Morgan fingerprint density at radius 2 is 2.38 bits per heavy atom. The highest BCUT2D eigenvalue weighted by Crippen LogP contribution is 2.16. The van der Waals surface area contributed by atoms with E-state index in [0.717, 1.165) is 5.65 Å². The number of rotatable bonds is 2. The first-order chi connectivity index (χ1) is 6.31. The predicted octanol–water partition coefficient (Wildman–Crippen LogP) is 1.84. The van der Waals surface area contributed by atoms with Gasteiger partial charge < -0.3 is 10.3 Å². The molecule has 2 N–H and O–H groups in total. The lowest BCUT2D eigenvalue weighted by atomic mass is 10.1. The zero-order valence-electron chi connectivity index (χ0n) is 7.83. The zero-order valence-corrected chi connectivity index (χ0v) is 7.83. The molecule has 0 amide bonds. The van der Waals surface area contributed by atoms with E-state index in [4.69, 9.17) is 0 Å². The van der Waals surface area contributed by atoms with Crippen molar-refractivity contribution < 1.29 is 0 Å². The molecule has 0 aliphatic rings. The van der Waals surface area contributed by atoms with E-state index in [1.54, 1.807) is 0 Å². The molecular formula is C10H13N3. The molecule has 0 saturated carbocycles. The standard InChI is InChI=1S/C10H13N3/c1-7(11-2)9-5-8-3-4-12-10(8)13-6-9/h3-7,11H,1-2H3,(H,12,13)/t7-/m1/s1. The summed E-state index contributed by atoms with van der Waals surface area (Å²) < 4.78 is 0. The summed E-state index contributed by atoms with van der Waals surface area (Å²) in [5.41, 5.74) is 2.17. The lowest BCUT2D eigenvalue weighted by Gasteiger charge is -2.09. The van der Waals surface area contributed by atoms with Gasteiger partial charge in [-0.1, -0.05) is 0 Å². The number of nitrogens with one attached hydrogen (secondary N) is 2. The Hall–Kier alpha value is -1.35. The second-order valence-electron chi connectivity index (χ2n) is 3.19. The fraction of sp³-hybridized carbons (Fsp3) is 0.300. The van der Waals surface area contributed by atoms with Crippen LogP contribution < -0.4 is 5.32 Å². The third-order valence-corrected chi connectivity index (χ3v) is 2.35. The molecular weight excluding hydrogens is 162 g/mol. The Kier molecular flexibility index (Phi) is 2.02. The molecule has 0 bridgehead atoms. The molecule has 13 heavy (non-hydrogen) atoms. The molecule has 0 unspecified atom stereocenters. The Balaban J connectivity index is 2.48. The molecule has 0 aromatic carbocycles. The van der Waals surface area contributed by atoms with Crippen molar-refractivity contribution in [3.63, 3.8) is 0 Å². The summed E-state index contributed by atoms with van der Waals surface area (Å²) in [5.74, 6) is 0. The summed E-state index contributed by atoms with van der Waals surface area (Å²) in [6.45, 7) is 2.12. The summed E-state index contributed by atoms with van der Waals surface area (Å²) in [4.78, 5) is 7.39. The average molecular weight is 175 g/mol. The molecule has 0 aliphatic carbocycles. The van der Waals surface area contributed by atoms with Gasteiger partial charge in [-0.25, -0.2) is 4.98 Å². The van der Waals surface area contributed by atoms with Crippen LogP contribution in [0.3, 0.4) is 0 Å². The van der Waals surface area contributed by atoms with Gasteiger partial charge in [-0.2, -0.15) is 0 Å². The van der Waals surface area contributed by atoms with Crippen molar-refractivity contribution in [3.05, 3.63) is 30.1 Å². The number of fused-ring (bicyclic) bond motifs is 1. The third kappa shape index (κ3) is 1.42. The maximum Gasteiger partial charge on any atom is 0.137 e. The van der Waals surface area contributed by atoms with Crippen molar-refractivity contribution in [1.29, 1.82) is 0 Å². The number of nitrogens with zero attached hydrogens (tertiary/aromatic N) is 1. The van der Waals surface area contributed by atoms with E-state index in [2.05, 4.69) is 28.3 Å². The van der Waals surface area contributed by atoms with Gasteiger partial charge in [0.25, 0.3) is 0 Å². The minimum absolute atomic E-state index is 0.354. The predicted molar refractivity (Wildman–Crippen MR) is 53.6 cm³/mol. The monoisotopic (exact) mass is 175 g/mol. The number of aromatic amines is 1. The maximum atomic E-state index is 4.31. The zero-order chi connectivity index (χ0) is 9.26. The van der Waals surface area contributed by atoms with E-state index in [9.17, 15) is 0 Å². The molecule has 0 fully saturated rings. The highest BCUT2D eigenvalue weighted by Gasteiger charge is 2.03. The van der Waals surface area contributed by atoms with Gasteiger partial charge in [-0.3, -0.25) is 0 Å². The van der Waals surface area contributed by atoms with Crippen LogP contribution in [-0.2, 0) is 0 Å². The summed E-state index contributed by atoms with van der Waals surface area (Å²) in [6, 6.07) is 4.54. The van der Waals surface area contributed by atoms with Gasteiger partial charge in [0.05, 0.1) is 0 Å². The Bertz CT molecular complexity index is 405. The maximum absolute atomic E-state index is 4.31. The quantitative estimate of drug-likeness (QED) is 0.731. The van der Waals surface area contributed by atoms with Crippen molar-refractivity contribution in [1.82, 2.24) is 15.3 Å². The highest BCUT2D eigenvalue weighted by atomic mass is 14.9. The summed E-state index contributed by atoms with van der Waals surface area (Å²) in [7, 11) is 1.95. The second kappa shape index (κ2) is 3.18. The molecule has 3 nitrogen and oxygen atoms in total. The minimum atomic E-state index is 0.354. The Labute approximate surface area is 77.2 Å². The van der Waals surface area contributed by atoms with Crippen molar-refractivity contribution in [2.45, 2.75) is 13.0 Å². The number of pyridine rings is 1. The van der Waals surface area contributed by atoms with Crippen LogP contribution >= 0.6 is 0 Å². The lowest BCUT2D eigenvalue weighted by molar-refractivity contribution is 0.651. The fourth-order valence-corrected chi connectivity index (χ4v) is 1.36. The average Bonchev–Trinajstić information content (AvgIpc) is 2.63. The smallest absolute Gasteiger partial charge is 0.137 e. The second-order valence-corrected chi connectivity index (χ2v) is 3.19. The molecule has 0 radical (unpaired) electrons. The molecule has 2 aromatic rings. The number of aromatic nitrogens is 2. The first kappa shape index (κ1) is 8.26. The van der Waals surface area contributed by atoms with Gasteiger partial charge in [0.2, 0.25) is 0 Å². The van der Waals surface area contributed by atoms with E-state index in [0.29, 0.717) is 6.04 Å². The van der Waals surface area contributed by atoms with E-state index in [-0.39, 0.29) is 0 Å². The van der Waals surface area contributed by atoms with Gasteiger partial charge >= 0.3 is 0 Å². The molecule has 2 heterocycles. The van der Waals surface area contributed by atoms with Crippen LogP contribution in [0, 0.1) is 0 Å². The topological polar surface area (TPSA) is 40.7 Å². The van der Waals surface area contributed by atoms with Crippen molar-refractivity contribution in [2.24, 2.45) is 0 Å². The molecule has 2 aromatic heterocycles. The Morgan fingerprint density at radius 3 is 3.15 bits per heavy atom. The van der Waals surface area contributed by atoms with Gasteiger partial charge in [-0.05, 0) is 31.7 Å². The summed E-state index contributed by atoms with van der Waals surface area (Å²) in [6.07, 6.45) is 3.81. The molecule has 0 spiro atoms. The van der Waals surface area contributed by atoms with E-state index < -0.39 is 0 Å². The van der Waals surface area contributed by atoms with E-state index >= 15 is 0 Å². The van der Waals surface area contributed by atoms with Crippen LogP contribution in [-0.4, -0.2) is 17.0 Å². The van der Waals surface area contributed by atoms with Crippen LogP contribution in [0.4, 0.5) is 0 Å². The summed E-state index contributed by atoms with van der Waals surface area (Å²) in [5, 5.41) is 4.35. The summed E-state index contributed by atoms with van der Waals surface area (Å²) >= 11 is 0. The molecule has 68 valence electrons. The van der Waals surface area contributed by atoms with Gasteiger partial charge in [0, 0.05) is 23.8 Å². The third-order valence-electron chi connectivity index (χ3n) is 2.35.